The van der Waals surface area contributed by atoms with Gasteiger partial charge < -0.3 is 10.2 Å². The molecular formula is C8H13ClN2O2. The van der Waals surface area contributed by atoms with Crippen LogP contribution in [0.25, 0.3) is 0 Å². The molecule has 0 aromatic carbocycles. The van der Waals surface area contributed by atoms with Gasteiger partial charge in [-0.3, -0.25) is 9.59 Å². The first-order valence-electron chi connectivity index (χ1n) is 4.22. The van der Waals surface area contributed by atoms with E-state index in [0.29, 0.717) is 19.4 Å². The molecule has 0 aliphatic carbocycles. The lowest BCUT2D eigenvalue weighted by Gasteiger charge is -2.29. The van der Waals surface area contributed by atoms with E-state index in [2.05, 4.69) is 5.32 Å². The molecule has 0 spiro atoms. The summed E-state index contributed by atoms with van der Waals surface area (Å²) in [7, 11) is 1.74. The highest BCUT2D eigenvalue weighted by Crippen LogP contribution is 2.09. The van der Waals surface area contributed by atoms with E-state index < -0.39 is 0 Å². The number of carbonyl (C=O) groups excluding carboxylic acids is 2. The van der Waals surface area contributed by atoms with Gasteiger partial charge in [-0.1, -0.05) is 0 Å². The second-order valence-electron chi connectivity index (χ2n) is 3.21. The zero-order valence-electron chi connectivity index (χ0n) is 7.55. The van der Waals surface area contributed by atoms with Crippen molar-refractivity contribution in [3.05, 3.63) is 0 Å². The highest BCUT2D eigenvalue weighted by molar-refractivity contribution is 6.27. The predicted molar refractivity (Wildman–Crippen MR) is 49.5 cm³/mol. The van der Waals surface area contributed by atoms with Crippen molar-refractivity contribution < 1.29 is 9.59 Å². The predicted octanol–water partition coefficient (Wildman–Crippen LogP) is -0.0378. The molecule has 0 saturated carbocycles. The first kappa shape index (κ1) is 10.3. The highest BCUT2D eigenvalue weighted by Gasteiger charge is 2.23. The van der Waals surface area contributed by atoms with Crippen LogP contribution in [0, 0.1) is 0 Å². The molecule has 1 fully saturated rings. The molecule has 1 atom stereocenters. The first-order chi connectivity index (χ1) is 6.13. The average Bonchev–Trinajstić information content (AvgIpc) is 2.11. The number of rotatable bonds is 2. The summed E-state index contributed by atoms with van der Waals surface area (Å²) in [5, 5.41) is 2.75. The number of nitrogens with zero attached hydrogens (tertiary/aromatic N) is 1. The van der Waals surface area contributed by atoms with Gasteiger partial charge in [0.15, 0.2) is 0 Å². The SMILES string of the molecule is CN1CC(NC(=O)CCl)CCC1=O. The Hall–Kier alpha value is -0.770. The van der Waals surface area contributed by atoms with E-state index >= 15 is 0 Å². The van der Waals surface area contributed by atoms with Gasteiger partial charge in [-0.05, 0) is 6.42 Å². The zero-order valence-corrected chi connectivity index (χ0v) is 8.30. The van der Waals surface area contributed by atoms with Crippen LogP contribution < -0.4 is 5.32 Å². The fourth-order valence-electron chi connectivity index (χ4n) is 1.40. The molecule has 1 unspecified atom stereocenters. The minimum atomic E-state index is -0.172. The summed E-state index contributed by atoms with van der Waals surface area (Å²) in [6.45, 7) is 0.585. The number of likely N-dealkylation sites (tertiary alicyclic amines) is 1. The Morgan fingerprint density at radius 3 is 3.00 bits per heavy atom. The number of likely N-dealkylation sites (N-methyl/N-ethyl adjacent to an activating group) is 1. The molecule has 0 bridgehead atoms. The van der Waals surface area contributed by atoms with Crippen LogP contribution in [0.1, 0.15) is 12.8 Å². The molecule has 2 amide bonds. The van der Waals surface area contributed by atoms with Crippen LogP contribution in [0.3, 0.4) is 0 Å². The van der Waals surface area contributed by atoms with Crippen molar-refractivity contribution in [1.82, 2.24) is 10.2 Å². The third-order valence-corrected chi connectivity index (χ3v) is 2.36. The van der Waals surface area contributed by atoms with E-state index in [1.165, 1.54) is 0 Å². The van der Waals surface area contributed by atoms with Gasteiger partial charge in [-0.25, -0.2) is 0 Å². The third-order valence-electron chi connectivity index (χ3n) is 2.11. The first-order valence-corrected chi connectivity index (χ1v) is 4.76. The van der Waals surface area contributed by atoms with Crippen molar-refractivity contribution in [2.75, 3.05) is 19.5 Å². The summed E-state index contributed by atoms with van der Waals surface area (Å²) >= 11 is 5.34. The Bertz CT molecular complexity index is 220. The van der Waals surface area contributed by atoms with Gasteiger partial charge in [-0.2, -0.15) is 0 Å². The minimum absolute atomic E-state index is 0.0197. The van der Waals surface area contributed by atoms with Crippen LogP contribution in [-0.4, -0.2) is 42.2 Å². The van der Waals surface area contributed by atoms with Crippen molar-refractivity contribution in [3.63, 3.8) is 0 Å². The fraction of sp³-hybridized carbons (Fsp3) is 0.750. The molecule has 1 rings (SSSR count). The Balaban J connectivity index is 2.37. The smallest absolute Gasteiger partial charge is 0.235 e. The van der Waals surface area contributed by atoms with Gasteiger partial charge >= 0.3 is 0 Å². The Morgan fingerprint density at radius 1 is 1.77 bits per heavy atom. The average molecular weight is 205 g/mol. The molecule has 1 saturated heterocycles. The summed E-state index contributed by atoms with van der Waals surface area (Å²) in [6.07, 6.45) is 1.22. The minimum Gasteiger partial charge on any atom is -0.351 e. The number of nitrogens with one attached hydrogen (secondary N) is 1. The van der Waals surface area contributed by atoms with Crippen LogP contribution in [0.5, 0.6) is 0 Å². The van der Waals surface area contributed by atoms with Crippen molar-refractivity contribution in [3.8, 4) is 0 Å². The maximum atomic E-state index is 11.1. The molecule has 13 heavy (non-hydrogen) atoms. The number of alkyl halides is 1. The standard InChI is InChI=1S/C8H13ClN2O2/c1-11-5-6(2-3-8(11)13)10-7(12)4-9/h6H,2-5H2,1H3,(H,10,12). The fourth-order valence-corrected chi connectivity index (χ4v) is 1.47. The number of halogens is 1. The summed E-state index contributed by atoms with van der Waals surface area (Å²) in [6, 6.07) is 0.0638. The van der Waals surface area contributed by atoms with Crippen molar-refractivity contribution in [2.45, 2.75) is 18.9 Å². The Morgan fingerprint density at radius 2 is 2.46 bits per heavy atom. The summed E-state index contributed by atoms with van der Waals surface area (Å²) in [5.41, 5.74) is 0. The van der Waals surface area contributed by atoms with E-state index in [1.54, 1.807) is 11.9 Å². The van der Waals surface area contributed by atoms with E-state index in [0.717, 1.165) is 0 Å². The van der Waals surface area contributed by atoms with Gasteiger partial charge in [-0.15, -0.1) is 11.6 Å². The van der Waals surface area contributed by atoms with Crippen molar-refractivity contribution in [2.24, 2.45) is 0 Å². The van der Waals surface area contributed by atoms with E-state index in [4.69, 9.17) is 11.6 Å². The Labute approximate surface area is 82.2 Å². The van der Waals surface area contributed by atoms with Crippen LogP contribution in [0.15, 0.2) is 0 Å². The maximum Gasteiger partial charge on any atom is 0.235 e. The van der Waals surface area contributed by atoms with Crippen molar-refractivity contribution >= 4 is 23.4 Å². The van der Waals surface area contributed by atoms with Gasteiger partial charge in [0, 0.05) is 26.1 Å². The maximum absolute atomic E-state index is 11.1. The monoisotopic (exact) mass is 204 g/mol. The number of hydrogen-bond acceptors (Lipinski definition) is 2. The molecule has 0 aromatic rings. The van der Waals surface area contributed by atoms with Crippen molar-refractivity contribution in [1.29, 1.82) is 0 Å². The molecule has 1 heterocycles. The van der Waals surface area contributed by atoms with Crippen LogP contribution in [0.2, 0.25) is 0 Å². The molecule has 1 aliphatic rings. The number of carbonyl (C=O) groups is 2. The second kappa shape index (κ2) is 4.46. The molecule has 1 aliphatic heterocycles. The number of piperidine rings is 1. The van der Waals surface area contributed by atoms with Gasteiger partial charge in [0.25, 0.3) is 0 Å². The quantitative estimate of drug-likeness (QED) is 0.642. The summed E-state index contributed by atoms with van der Waals surface area (Å²) in [4.78, 5) is 23.6. The van der Waals surface area contributed by atoms with Crippen LogP contribution in [-0.2, 0) is 9.59 Å². The van der Waals surface area contributed by atoms with Gasteiger partial charge in [0.1, 0.15) is 5.88 Å². The van der Waals surface area contributed by atoms with E-state index in [1.807, 2.05) is 0 Å². The largest absolute Gasteiger partial charge is 0.351 e. The topological polar surface area (TPSA) is 49.4 Å². The van der Waals surface area contributed by atoms with Crippen LogP contribution in [0.4, 0.5) is 0 Å². The normalized spacial score (nSPS) is 23.1. The van der Waals surface area contributed by atoms with E-state index in [9.17, 15) is 9.59 Å². The number of hydrogen-bond donors (Lipinski definition) is 1. The summed E-state index contributed by atoms with van der Waals surface area (Å²) in [5.74, 6) is -0.0560. The van der Waals surface area contributed by atoms with E-state index in [-0.39, 0.29) is 23.7 Å². The molecule has 74 valence electrons. The molecule has 0 aromatic heterocycles. The summed E-state index contributed by atoms with van der Waals surface area (Å²) < 4.78 is 0. The second-order valence-corrected chi connectivity index (χ2v) is 3.48. The highest BCUT2D eigenvalue weighted by atomic mass is 35.5. The lowest BCUT2D eigenvalue weighted by atomic mass is 10.1. The van der Waals surface area contributed by atoms with Gasteiger partial charge in [0.05, 0.1) is 0 Å². The Kier molecular flexibility index (Phi) is 3.54. The third kappa shape index (κ3) is 2.88. The van der Waals surface area contributed by atoms with Gasteiger partial charge in [0.2, 0.25) is 11.8 Å². The van der Waals surface area contributed by atoms with Crippen LogP contribution >= 0.6 is 11.6 Å². The zero-order chi connectivity index (χ0) is 9.84. The molecule has 0 radical (unpaired) electrons. The number of amides is 2. The molecule has 1 N–H and O–H groups in total. The lowest BCUT2D eigenvalue weighted by Crippen LogP contribution is -2.48. The molecule has 5 heteroatoms. The molecule has 4 nitrogen and oxygen atoms in total. The molecular weight excluding hydrogens is 192 g/mol. The lowest BCUT2D eigenvalue weighted by molar-refractivity contribution is -0.133.